The number of hydrogen-bond acceptors (Lipinski definition) is 5. The molecule has 0 saturated heterocycles. The molecule has 1 rings (SSSR count). The topological polar surface area (TPSA) is 101 Å². The van der Waals surface area contributed by atoms with Gasteiger partial charge in [0.05, 0.1) is 6.33 Å². The van der Waals surface area contributed by atoms with Gasteiger partial charge in [-0.15, -0.1) is 0 Å². The van der Waals surface area contributed by atoms with Gasteiger partial charge in [0.1, 0.15) is 5.69 Å². The minimum Gasteiger partial charge on any atom is -0.391 e. The molecule has 0 saturated carbocycles. The van der Waals surface area contributed by atoms with Gasteiger partial charge in [-0.05, 0) is 19.9 Å². The Hall–Kier alpha value is -1.56. The largest absolute Gasteiger partial charge is 0.391 e. The lowest BCUT2D eigenvalue weighted by Crippen LogP contribution is -2.29. The molecule has 0 aliphatic heterocycles. The van der Waals surface area contributed by atoms with Gasteiger partial charge in [0.25, 0.3) is 5.56 Å². The zero-order valence-corrected chi connectivity index (χ0v) is 8.86. The van der Waals surface area contributed by atoms with Crippen LogP contribution in [0.2, 0.25) is 0 Å². The third-order valence-electron chi connectivity index (χ3n) is 2.18. The van der Waals surface area contributed by atoms with E-state index in [0.717, 1.165) is 19.5 Å². The average Bonchev–Trinajstić information content (AvgIpc) is 2.25. The van der Waals surface area contributed by atoms with Crippen molar-refractivity contribution in [1.29, 1.82) is 0 Å². The van der Waals surface area contributed by atoms with E-state index in [1.165, 1.54) is 6.33 Å². The van der Waals surface area contributed by atoms with Crippen molar-refractivity contribution in [3.05, 3.63) is 16.7 Å². The zero-order chi connectivity index (χ0) is 11.3. The Labute approximate surface area is 88.3 Å². The highest BCUT2D eigenvalue weighted by Gasteiger charge is 2.10. The molecule has 0 aliphatic rings. The van der Waals surface area contributed by atoms with Crippen molar-refractivity contribution in [1.82, 2.24) is 9.97 Å². The summed E-state index contributed by atoms with van der Waals surface area (Å²) in [5.74, 6) is 0.537. The van der Waals surface area contributed by atoms with Crippen LogP contribution in [0.15, 0.2) is 11.1 Å². The molecule has 1 heterocycles. The van der Waals surface area contributed by atoms with Crippen LogP contribution in [0, 0.1) is 0 Å². The highest BCUT2D eigenvalue weighted by molar-refractivity contribution is 5.60. The predicted octanol–water partition coefficient (Wildman–Crippen LogP) is -0.473. The van der Waals surface area contributed by atoms with Crippen LogP contribution in [0.25, 0.3) is 0 Å². The van der Waals surface area contributed by atoms with E-state index in [4.69, 9.17) is 11.5 Å². The average molecular weight is 211 g/mol. The first-order valence-electron chi connectivity index (χ1n) is 4.98. The number of rotatable bonds is 5. The van der Waals surface area contributed by atoms with Gasteiger partial charge >= 0.3 is 0 Å². The van der Waals surface area contributed by atoms with Gasteiger partial charge in [-0.2, -0.15) is 0 Å². The van der Waals surface area contributed by atoms with Crippen LogP contribution in [0.1, 0.15) is 13.3 Å². The van der Waals surface area contributed by atoms with Crippen molar-refractivity contribution in [2.75, 3.05) is 30.3 Å². The minimum absolute atomic E-state index is 0.163. The van der Waals surface area contributed by atoms with E-state index in [9.17, 15) is 4.79 Å². The van der Waals surface area contributed by atoms with E-state index in [1.54, 1.807) is 0 Å². The Balaban J connectivity index is 2.91. The number of nitrogens with two attached hydrogens (primary N) is 2. The second kappa shape index (κ2) is 5.35. The normalized spacial score (nSPS) is 10.3. The smallest absolute Gasteiger partial charge is 0.276 e. The van der Waals surface area contributed by atoms with Crippen LogP contribution in [-0.4, -0.2) is 29.6 Å². The summed E-state index contributed by atoms with van der Waals surface area (Å²) in [7, 11) is 0. The van der Waals surface area contributed by atoms with Crippen molar-refractivity contribution in [2.45, 2.75) is 13.3 Å². The molecule has 0 aromatic carbocycles. The number of hydrogen-bond donors (Lipinski definition) is 3. The van der Waals surface area contributed by atoms with E-state index in [-0.39, 0.29) is 11.2 Å². The number of aromatic amines is 1. The molecule has 6 heteroatoms. The maximum absolute atomic E-state index is 11.3. The van der Waals surface area contributed by atoms with E-state index >= 15 is 0 Å². The second-order valence-electron chi connectivity index (χ2n) is 3.19. The van der Waals surface area contributed by atoms with Crippen molar-refractivity contribution in [3.63, 3.8) is 0 Å². The molecule has 84 valence electrons. The van der Waals surface area contributed by atoms with E-state index < -0.39 is 0 Å². The van der Waals surface area contributed by atoms with Crippen LogP contribution in [0.3, 0.4) is 0 Å². The fraction of sp³-hybridized carbons (Fsp3) is 0.556. The molecular formula is C9H17N5O. The van der Waals surface area contributed by atoms with Crippen molar-refractivity contribution >= 4 is 11.5 Å². The molecule has 1 aromatic rings. The van der Waals surface area contributed by atoms with E-state index in [2.05, 4.69) is 9.97 Å². The molecule has 0 atom stereocenters. The Kier molecular flexibility index (Phi) is 4.11. The molecule has 0 fully saturated rings. The maximum Gasteiger partial charge on any atom is 0.276 e. The molecule has 1 aromatic heterocycles. The fourth-order valence-corrected chi connectivity index (χ4v) is 1.35. The molecule has 0 bridgehead atoms. The van der Waals surface area contributed by atoms with Crippen LogP contribution in [0.5, 0.6) is 0 Å². The molecule has 6 nitrogen and oxygen atoms in total. The number of anilines is 2. The number of nitrogen functional groups attached to an aromatic ring is 1. The van der Waals surface area contributed by atoms with Gasteiger partial charge in [0, 0.05) is 13.1 Å². The van der Waals surface area contributed by atoms with Crippen molar-refractivity contribution < 1.29 is 0 Å². The van der Waals surface area contributed by atoms with E-state index in [1.807, 2.05) is 11.8 Å². The Morgan fingerprint density at radius 2 is 2.33 bits per heavy atom. The molecule has 0 unspecified atom stereocenters. The summed E-state index contributed by atoms with van der Waals surface area (Å²) in [4.78, 5) is 19.7. The van der Waals surface area contributed by atoms with Crippen LogP contribution in [0.4, 0.5) is 11.5 Å². The molecule has 0 radical (unpaired) electrons. The summed E-state index contributed by atoms with van der Waals surface area (Å²) in [6.45, 7) is 4.10. The van der Waals surface area contributed by atoms with Crippen LogP contribution >= 0.6 is 0 Å². The van der Waals surface area contributed by atoms with Gasteiger partial charge in [-0.3, -0.25) is 4.79 Å². The molecule has 15 heavy (non-hydrogen) atoms. The summed E-state index contributed by atoms with van der Waals surface area (Å²) < 4.78 is 0. The molecule has 5 N–H and O–H groups in total. The summed E-state index contributed by atoms with van der Waals surface area (Å²) in [6, 6.07) is 0. The minimum atomic E-state index is -0.300. The highest BCUT2D eigenvalue weighted by Crippen LogP contribution is 2.14. The fourth-order valence-electron chi connectivity index (χ4n) is 1.35. The first-order valence-corrected chi connectivity index (χ1v) is 4.98. The third kappa shape index (κ3) is 2.69. The Bertz CT molecular complexity index is 362. The summed E-state index contributed by atoms with van der Waals surface area (Å²) in [5.41, 5.74) is 10.9. The second-order valence-corrected chi connectivity index (χ2v) is 3.19. The standard InChI is InChI=1S/C9H17N5O/c1-2-14(5-3-4-10)8-7(11)9(15)13-6-12-8/h6H,2-5,10-11H2,1H3,(H,12,13,15). The van der Waals surface area contributed by atoms with Gasteiger partial charge in [-0.25, -0.2) is 4.98 Å². The van der Waals surface area contributed by atoms with Crippen LogP contribution < -0.4 is 21.9 Å². The monoisotopic (exact) mass is 211 g/mol. The predicted molar refractivity (Wildman–Crippen MR) is 60.8 cm³/mol. The quantitative estimate of drug-likeness (QED) is 0.611. The Morgan fingerprint density at radius 3 is 2.93 bits per heavy atom. The third-order valence-corrected chi connectivity index (χ3v) is 2.18. The first kappa shape index (κ1) is 11.5. The lowest BCUT2D eigenvalue weighted by molar-refractivity contribution is 0.743. The lowest BCUT2D eigenvalue weighted by Gasteiger charge is -2.22. The van der Waals surface area contributed by atoms with Gasteiger partial charge < -0.3 is 21.4 Å². The number of H-pyrrole nitrogens is 1. The highest BCUT2D eigenvalue weighted by atomic mass is 16.1. The first-order chi connectivity index (χ1) is 7.20. The summed E-state index contributed by atoms with van der Waals surface area (Å²) in [5, 5.41) is 0. The van der Waals surface area contributed by atoms with Crippen LogP contribution in [-0.2, 0) is 0 Å². The maximum atomic E-state index is 11.3. The molecule has 0 amide bonds. The Morgan fingerprint density at radius 1 is 1.60 bits per heavy atom. The SMILES string of the molecule is CCN(CCCN)c1nc[nH]c(=O)c1N. The van der Waals surface area contributed by atoms with Gasteiger partial charge in [0.15, 0.2) is 5.82 Å². The molecule has 0 aliphatic carbocycles. The number of nitrogens with zero attached hydrogens (tertiary/aromatic N) is 2. The summed E-state index contributed by atoms with van der Waals surface area (Å²) in [6.07, 6.45) is 2.21. The van der Waals surface area contributed by atoms with Gasteiger partial charge in [-0.1, -0.05) is 0 Å². The molecular weight excluding hydrogens is 194 g/mol. The zero-order valence-electron chi connectivity index (χ0n) is 8.86. The number of nitrogens with one attached hydrogen (secondary N) is 1. The van der Waals surface area contributed by atoms with Crippen molar-refractivity contribution in [3.8, 4) is 0 Å². The number of aromatic nitrogens is 2. The van der Waals surface area contributed by atoms with Crippen molar-refractivity contribution in [2.24, 2.45) is 5.73 Å². The van der Waals surface area contributed by atoms with Gasteiger partial charge in [0.2, 0.25) is 0 Å². The lowest BCUT2D eigenvalue weighted by atomic mass is 10.3. The summed E-state index contributed by atoms with van der Waals surface area (Å²) >= 11 is 0. The molecule has 0 spiro atoms. The van der Waals surface area contributed by atoms with E-state index in [0.29, 0.717) is 12.4 Å².